The van der Waals surface area contributed by atoms with E-state index in [1.165, 1.54) is 21.4 Å². The van der Waals surface area contributed by atoms with Gasteiger partial charge in [-0.1, -0.05) is 17.7 Å². The molecule has 2 aromatic heterocycles. The van der Waals surface area contributed by atoms with Crippen LogP contribution < -0.4 is 4.90 Å². The predicted octanol–water partition coefficient (Wildman–Crippen LogP) is 2.80. The van der Waals surface area contributed by atoms with E-state index in [0.29, 0.717) is 41.8 Å². The Morgan fingerprint density at radius 2 is 1.75 bits per heavy atom. The zero-order valence-electron chi connectivity index (χ0n) is 17.9. The van der Waals surface area contributed by atoms with Crippen molar-refractivity contribution in [1.29, 1.82) is 0 Å². The van der Waals surface area contributed by atoms with Crippen LogP contribution in [-0.2, 0) is 10.0 Å². The van der Waals surface area contributed by atoms with Crippen LogP contribution >= 0.6 is 0 Å². The molecule has 0 unspecified atom stereocenters. The van der Waals surface area contributed by atoms with Crippen LogP contribution in [0.15, 0.2) is 47.8 Å². The SMILES string of the molecule is Cc1ccc(S(=O)(=O)n2ccc3c(N(C)[C@@H]4C[C@@H]5CN(C(=O)O)C[C@@H]5C4)ncnc32)cc1. The summed E-state index contributed by atoms with van der Waals surface area (Å²) in [5.74, 6) is 1.39. The van der Waals surface area contributed by atoms with Crippen molar-refractivity contribution >= 4 is 33.0 Å². The van der Waals surface area contributed by atoms with Crippen LogP contribution in [-0.4, -0.2) is 64.6 Å². The molecule has 2 aliphatic rings. The van der Waals surface area contributed by atoms with E-state index in [4.69, 9.17) is 0 Å². The predicted molar refractivity (Wildman–Crippen MR) is 119 cm³/mol. The first kappa shape index (κ1) is 20.7. The van der Waals surface area contributed by atoms with E-state index in [9.17, 15) is 18.3 Å². The molecule has 5 rings (SSSR count). The third-order valence-corrected chi connectivity index (χ3v) is 8.56. The van der Waals surface area contributed by atoms with Crippen LogP contribution in [0.3, 0.4) is 0 Å². The molecule has 1 saturated heterocycles. The molecule has 0 bridgehead atoms. The third-order valence-electron chi connectivity index (χ3n) is 6.88. The molecule has 1 aliphatic heterocycles. The fourth-order valence-electron chi connectivity index (χ4n) is 5.13. The number of rotatable bonds is 4. The molecular formula is C22H25N5O4S. The summed E-state index contributed by atoms with van der Waals surface area (Å²) in [4.78, 5) is 23.8. The van der Waals surface area contributed by atoms with Gasteiger partial charge in [0.2, 0.25) is 0 Å². The van der Waals surface area contributed by atoms with Crippen LogP contribution in [0.25, 0.3) is 11.0 Å². The number of benzene rings is 1. The first-order chi connectivity index (χ1) is 15.3. The largest absolute Gasteiger partial charge is 0.465 e. The summed E-state index contributed by atoms with van der Waals surface area (Å²) in [6.07, 6.45) is 3.85. The van der Waals surface area contributed by atoms with E-state index in [1.54, 1.807) is 30.3 Å². The van der Waals surface area contributed by atoms with E-state index in [-0.39, 0.29) is 10.9 Å². The number of carboxylic acid groups (broad SMARTS) is 1. The molecule has 3 aromatic rings. The number of likely N-dealkylation sites (tertiary alicyclic amines) is 1. The highest BCUT2D eigenvalue weighted by molar-refractivity contribution is 7.90. The summed E-state index contributed by atoms with van der Waals surface area (Å²) in [7, 11) is -1.81. The highest BCUT2D eigenvalue weighted by Gasteiger charge is 2.44. The number of amides is 1. The highest BCUT2D eigenvalue weighted by Crippen LogP contribution is 2.41. The molecule has 0 radical (unpaired) electrons. The Bertz CT molecular complexity index is 1270. The third kappa shape index (κ3) is 3.29. The molecule has 1 aliphatic carbocycles. The Kier molecular flexibility index (Phi) is 4.85. The molecule has 1 amide bonds. The Morgan fingerprint density at radius 1 is 1.09 bits per heavy atom. The maximum Gasteiger partial charge on any atom is 0.407 e. The number of aromatic nitrogens is 3. The van der Waals surface area contributed by atoms with Gasteiger partial charge in [0.15, 0.2) is 5.65 Å². The minimum atomic E-state index is -3.78. The fraction of sp³-hybridized carbons (Fsp3) is 0.409. The van der Waals surface area contributed by atoms with Gasteiger partial charge in [0.05, 0.1) is 10.3 Å². The molecular weight excluding hydrogens is 430 g/mol. The van der Waals surface area contributed by atoms with Crippen molar-refractivity contribution in [2.75, 3.05) is 25.0 Å². The molecule has 168 valence electrons. The summed E-state index contributed by atoms with van der Waals surface area (Å²) >= 11 is 0. The maximum atomic E-state index is 13.2. The molecule has 1 N–H and O–H groups in total. The summed E-state index contributed by atoms with van der Waals surface area (Å²) in [5, 5.41) is 9.93. The van der Waals surface area contributed by atoms with Crippen LogP contribution in [0.2, 0.25) is 0 Å². The fourth-order valence-corrected chi connectivity index (χ4v) is 6.43. The average molecular weight is 456 g/mol. The van der Waals surface area contributed by atoms with Crippen molar-refractivity contribution in [3.05, 3.63) is 48.4 Å². The monoisotopic (exact) mass is 455 g/mol. The van der Waals surface area contributed by atoms with Crippen LogP contribution in [0.5, 0.6) is 0 Å². The summed E-state index contributed by atoms with van der Waals surface area (Å²) < 4.78 is 27.6. The zero-order valence-corrected chi connectivity index (χ0v) is 18.7. The molecule has 1 saturated carbocycles. The standard InChI is InChI=1S/C22H25N5O4S/c1-14-3-5-18(6-4-14)32(30,31)27-8-7-19-20(23-13-24-21(19)27)25(2)17-9-15-11-26(22(28)29)12-16(15)10-17/h3-8,13,15-17H,9-12H2,1-2H3,(H,28,29)/t15-,16+,17-. The van der Waals surface area contributed by atoms with Gasteiger partial charge in [0, 0.05) is 32.4 Å². The molecule has 0 spiro atoms. The lowest BCUT2D eigenvalue weighted by Crippen LogP contribution is -2.34. The average Bonchev–Trinajstić information content (AvgIpc) is 3.46. The number of fused-ring (bicyclic) bond motifs is 2. The number of aryl methyl sites for hydroxylation is 1. The van der Waals surface area contributed by atoms with E-state index in [0.717, 1.165) is 18.4 Å². The number of hydrogen-bond acceptors (Lipinski definition) is 6. The minimum Gasteiger partial charge on any atom is -0.465 e. The van der Waals surface area contributed by atoms with Crippen LogP contribution in [0, 0.1) is 18.8 Å². The molecule has 10 heteroatoms. The van der Waals surface area contributed by atoms with Gasteiger partial charge in [0.25, 0.3) is 10.0 Å². The van der Waals surface area contributed by atoms with Gasteiger partial charge in [-0.2, -0.15) is 0 Å². The first-order valence-corrected chi connectivity index (χ1v) is 12.0. The molecule has 3 atom stereocenters. The lowest BCUT2D eigenvalue weighted by Gasteiger charge is -2.27. The van der Waals surface area contributed by atoms with Gasteiger partial charge in [-0.25, -0.2) is 27.2 Å². The molecule has 2 fully saturated rings. The minimum absolute atomic E-state index is 0.209. The van der Waals surface area contributed by atoms with Gasteiger partial charge in [-0.05, 0) is 49.8 Å². The maximum absolute atomic E-state index is 13.2. The summed E-state index contributed by atoms with van der Waals surface area (Å²) in [5.41, 5.74) is 1.33. The second kappa shape index (κ2) is 7.47. The van der Waals surface area contributed by atoms with Crippen molar-refractivity contribution < 1.29 is 18.3 Å². The normalized spacial score (nSPS) is 22.9. The second-order valence-electron chi connectivity index (χ2n) is 8.81. The number of nitrogens with zero attached hydrogens (tertiary/aromatic N) is 5. The lowest BCUT2D eigenvalue weighted by atomic mass is 10.0. The number of carbonyl (C=O) groups is 1. The smallest absolute Gasteiger partial charge is 0.407 e. The van der Waals surface area contributed by atoms with Crippen molar-refractivity contribution in [2.45, 2.75) is 30.7 Å². The van der Waals surface area contributed by atoms with E-state index in [1.807, 2.05) is 14.0 Å². The van der Waals surface area contributed by atoms with Crippen LogP contribution in [0.1, 0.15) is 18.4 Å². The van der Waals surface area contributed by atoms with Gasteiger partial charge < -0.3 is 14.9 Å². The van der Waals surface area contributed by atoms with Crippen molar-refractivity contribution in [2.24, 2.45) is 11.8 Å². The quantitative estimate of drug-likeness (QED) is 0.644. The number of hydrogen-bond donors (Lipinski definition) is 1. The molecule has 3 heterocycles. The Hall–Kier alpha value is -3.14. The van der Waals surface area contributed by atoms with Crippen molar-refractivity contribution in [3.63, 3.8) is 0 Å². The van der Waals surface area contributed by atoms with E-state index < -0.39 is 16.1 Å². The van der Waals surface area contributed by atoms with Gasteiger partial charge in [0.1, 0.15) is 12.1 Å². The second-order valence-corrected chi connectivity index (χ2v) is 10.6. The van der Waals surface area contributed by atoms with Crippen molar-refractivity contribution in [1.82, 2.24) is 18.8 Å². The Balaban J connectivity index is 1.44. The molecule has 1 aromatic carbocycles. The molecule has 9 nitrogen and oxygen atoms in total. The van der Waals surface area contributed by atoms with Crippen molar-refractivity contribution in [3.8, 4) is 0 Å². The first-order valence-electron chi connectivity index (χ1n) is 10.6. The van der Waals surface area contributed by atoms with E-state index >= 15 is 0 Å². The highest BCUT2D eigenvalue weighted by atomic mass is 32.2. The lowest BCUT2D eigenvalue weighted by molar-refractivity contribution is 0.152. The Labute approximate surface area is 186 Å². The molecule has 32 heavy (non-hydrogen) atoms. The Morgan fingerprint density at radius 3 is 2.38 bits per heavy atom. The topological polar surface area (TPSA) is 109 Å². The van der Waals surface area contributed by atoms with E-state index in [2.05, 4.69) is 14.9 Å². The van der Waals surface area contributed by atoms with Gasteiger partial charge in [-0.3, -0.25) is 0 Å². The zero-order chi connectivity index (χ0) is 22.6. The summed E-state index contributed by atoms with van der Waals surface area (Å²) in [6, 6.07) is 8.71. The number of anilines is 1. The van der Waals surface area contributed by atoms with Gasteiger partial charge >= 0.3 is 6.09 Å². The van der Waals surface area contributed by atoms with Crippen LogP contribution in [0.4, 0.5) is 10.6 Å². The van der Waals surface area contributed by atoms with Gasteiger partial charge in [-0.15, -0.1) is 0 Å². The summed E-state index contributed by atoms with van der Waals surface area (Å²) in [6.45, 7) is 3.07.